The van der Waals surface area contributed by atoms with E-state index in [4.69, 9.17) is 10.00 Å². The maximum atomic E-state index is 8.74. The van der Waals surface area contributed by atoms with Gasteiger partial charge in [0.15, 0.2) is 6.73 Å². The first-order chi connectivity index (χ1) is 6.83. The number of benzene rings is 1. The minimum Gasteiger partial charge on any atom is -0.473 e. The average Bonchev–Trinajstić information content (AvgIpc) is 2.27. The Bertz CT molecular complexity index is 406. The molecule has 0 aromatic heterocycles. The summed E-state index contributed by atoms with van der Waals surface area (Å²) < 4.78 is 5.47. The molecule has 1 aliphatic heterocycles. The van der Waals surface area contributed by atoms with Crippen LogP contribution in [0.4, 0.5) is 0 Å². The quantitative estimate of drug-likeness (QED) is 0.671. The van der Waals surface area contributed by atoms with Crippen molar-refractivity contribution in [3.8, 4) is 11.8 Å². The van der Waals surface area contributed by atoms with Crippen molar-refractivity contribution in [1.82, 2.24) is 4.90 Å². The highest BCUT2D eigenvalue weighted by atomic mass is 16.5. The van der Waals surface area contributed by atoms with Gasteiger partial charge in [-0.05, 0) is 24.4 Å². The summed E-state index contributed by atoms with van der Waals surface area (Å²) in [6, 6.07) is 7.57. The minimum atomic E-state index is 0.530. The third-order valence-electron chi connectivity index (χ3n) is 2.21. The summed E-state index contributed by atoms with van der Waals surface area (Å²) in [6.07, 6.45) is 1.74. The predicted octanol–water partition coefficient (Wildman–Crippen LogP) is 1.85. The van der Waals surface area contributed by atoms with Gasteiger partial charge >= 0.3 is 0 Å². The van der Waals surface area contributed by atoms with Crippen LogP contribution in [0.2, 0.25) is 0 Å². The number of hydrogen-bond acceptors (Lipinski definition) is 3. The van der Waals surface area contributed by atoms with Crippen LogP contribution in [0.5, 0.6) is 5.75 Å². The predicted molar refractivity (Wildman–Crippen MR) is 52.4 cm³/mol. The molecule has 2 rings (SSSR count). The second-order valence-corrected chi connectivity index (χ2v) is 3.14. The summed E-state index contributed by atoms with van der Waals surface area (Å²) in [5.74, 6) is 0.863. The van der Waals surface area contributed by atoms with E-state index in [9.17, 15) is 0 Å². The first-order valence-electron chi connectivity index (χ1n) is 4.36. The van der Waals surface area contributed by atoms with Gasteiger partial charge in [0.25, 0.3) is 0 Å². The summed E-state index contributed by atoms with van der Waals surface area (Å²) in [7, 11) is 0. The molecule has 3 nitrogen and oxygen atoms in total. The van der Waals surface area contributed by atoms with Gasteiger partial charge in [0.05, 0.1) is 11.6 Å². The lowest BCUT2D eigenvalue weighted by Gasteiger charge is -2.27. The van der Waals surface area contributed by atoms with Crippen LogP contribution < -0.4 is 4.74 Å². The molecule has 0 atom stereocenters. The van der Waals surface area contributed by atoms with Gasteiger partial charge in [-0.25, -0.2) is 0 Å². The number of nitrogens with zero attached hydrogens (tertiary/aromatic N) is 2. The fraction of sp³-hybridized carbons (Fsp3) is 0.182. The molecule has 0 radical (unpaired) electrons. The van der Waals surface area contributed by atoms with E-state index in [-0.39, 0.29) is 0 Å². The van der Waals surface area contributed by atoms with Crippen molar-refractivity contribution in [2.45, 2.75) is 6.54 Å². The van der Waals surface area contributed by atoms with Crippen LogP contribution in [0.15, 0.2) is 31.0 Å². The second kappa shape index (κ2) is 3.43. The van der Waals surface area contributed by atoms with Crippen LogP contribution in [0.3, 0.4) is 0 Å². The first kappa shape index (κ1) is 8.64. The van der Waals surface area contributed by atoms with Crippen molar-refractivity contribution in [2.75, 3.05) is 6.73 Å². The Labute approximate surface area is 82.8 Å². The summed E-state index contributed by atoms with van der Waals surface area (Å²) >= 11 is 0. The van der Waals surface area contributed by atoms with Crippen molar-refractivity contribution in [2.24, 2.45) is 0 Å². The van der Waals surface area contributed by atoms with E-state index in [0.29, 0.717) is 12.3 Å². The Balaban J connectivity index is 2.35. The van der Waals surface area contributed by atoms with E-state index in [0.717, 1.165) is 17.9 Å². The fourth-order valence-electron chi connectivity index (χ4n) is 1.45. The molecule has 3 heteroatoms. The molecule has 0 amide bonds. The minimum absolute atomic E-state index is 0.530. The summed E-state index contributed by atoms with van der Waals surface area (Å²) in [6.45, 7) is 4.97. The molecule has 70 valence electrons. The van der Waals surface area contributed by atoms with Gasteiger partial charge in [-0.15, -0.1) is 0 Å². The lowest BCUT2D eigenvalue weighted by molar-refractivity contribution is 0.141. The average molecular weight is 186 g/mol. The fourth-order valence-corrected chi connectivity index (χ4v) is 1.45. The van der Waals surface area contributed by atoms with Crippen LogP contribution in [-0.4, -0.2) is 11.6 Å². The Morgan fingerprint density at radius 1 is 1.57 bits per heavy atom. The second-order valence-electron chi connectivity index (χ2n) is 3.14. The van der Waals surface area contributed by atoms with Crippen molar-refractivity contribution in [3.63, 3.8) is 0 Å². The number of nitriles is 1. The van der Waals surface area contributed by atoms with Crippen molar-refractivity contribution >= 4 is 0 Å². The van der Waals surface area contributed by atoms with Crippen LogP contribution in [0.1, 0.15) is 11.1 Å². The van der Waals surface area contributed by atoms with Crippen molar-refractivity contribution < 1.29 is 4.74 Å². The Morgan fingerprint density at radius 3 is 3.14 bits per heavy atom. The molecule has 1 aromatic rings. The van der Waals surface area contributed by atoms with Gasteiger partial charge in [-0.2, -0.15) is 5.26 Å². The molecule has 14 heavy (non-hydrogen) atoms. The number of ether oxygens (including phenoxy) is 1. The molecule has 1 heterocycles. The molecule has 0 saturated heterocycles. The van der Waals surface area contributed by atoms with E-state index in [1.807, 2.05) is 17.0 Å². The lowest BCUT2D eigenvalue weighted by atomic mass is 10.1. The zero-order valence-electron chi connectivity index (χ0n) is 7.73. The van der Waals surface area contributed by atoms with Gasteiger partial charge in [0.1, 0.15) is 5.75 Å². The number of fused-ring (bicyclic) bond motifs is 1. The van der Waals surface area contributed by atoms with Gasteiger partial charge < -0.3 is 9.64 Å². The molecule has 0 spiro atoms. The summed E-state index contributed by atoms with van der Waals surface area (Å²) in [4.78, 5) is 1.95. The summed E-state index contributed by atoms with van der Waals surface area (Å²) in [5, 5.41) is 8.74. The monoisotopic (exact) mass is 186 g/mol. The molecule has 0 saturated carbocycles. The largest absolute Gasteiger partial charge is 0.473 e. The van der Waals surface area contributed by atoms with Crippen molar-refractivity contribution in [3.05, 3.63) is 42.1 Å². The van der Waals surface area contributed by atoms with E-state index in [2.05, 4.69) is 12.6 Å². The molecule has 0 aliphatic carbocycles. The standard InChI is InChI=1S/C11H10N2O/c1-2-13-7-10-5-9(6-12)3-4-11(10)14-8-13/h2-5H,1,7-8H2. The molecule has 0 fully saturated rings. The zero-order valence-corrected chi connectivity index (χ0v) is 7.73. The number of rotatable bonds is 1. The highest BCUT2D eigenvalue weighted by Gasteiger charge is 2.14. The van der Waals surface area contributed by atoms with Gasteiger partial charge in [-0.3, -0.25) is 0 Å². The van der Waals surface area contributed by atoms with Crippen LogP contribution in [0.25, 0.3) is 0 Å². The van der Waals surface area contributed by atoms with E-state index in [1.54, 1.807) is 12.3 Å². The maximum Gasteiger partial charge on any atom is 0.161 e. The first-order valence-corrected chi connectivity index (χ1v) is 4.36. The lowest BCUT2D eigenvalue weighted by Crippen LogP contribution is -2.27. The third kappa shape index (κ3) is 1.42. The molecule has 0 unspecified atom stereocenters. The highest BCUT2D eigenvalue weighted by molar-refractivity contribution is 5.42. The maximum absolute atomic E-state index is 8.74. The van der Waals surface area contributed by atoms with E-state index < -0.39 is 0 Å². The Morgan fingerprint density at radius 2 is 2.43 bits per heavy atom. The molecule has 1 aliphatic rings. The van der Waals surface area contributed by atoms with Crippen molar-refractivity contribution in [1.29, 1.82) is 5.26 Å². The summed E-state index contributed by atoms with van der Waals surface area (Å²) in [5.41, 5.74) is 1.70. The van der Waals surface area contributed by atoms with Gasteiger partial charge in [0, 0.05) is 12.1 Å². The number of hydrogen-bond donors (Lipinski definition) is 0. The van der Waals surface area contributed by atoms with E-state index in [1.165, 1.54) is 0 Å². The van der Waals surface area contributed by atoms with Gasteiger partial charge in [-0.1, -0.05) is 6.58 Å². The zero-order chi connectivity index (χ0) is 9.97. The molecule has 1 aromatic carbocycles. The Hall–Kier alpha value is -1.95. The SMILES string of the molecule is C=CN1COc2ccc(C#N)cc2C1. The van der Waals surface area contributed by atoms with Crippen LogP contribution in [-0.2, 0) is 6.54 Å². The van der Waals surface area contributed by atoms with Crippen LogP contribution in [0, 0.1) is 11.3 Å². The van der Waals surface area contributed by atoms with Crippen LogP contribution >= 0.6 is 0 Å². The van der Waals surface area contributed by atoms with Gasteiger partial charge in [0.2, 0.25) is 0 Å². The topological polar surface area (TPSA) is 36.3 Å². The highest BCUT2D eigenvalue weighted by Crippen LogP contribution is 2.25. The smallest absolute Gasteiger partial charge is 0.161 e. The molecular formula is C11H10N2O. The molecular weight excluding hydrogens is 176 g/mol. The third-order valence-corrected chi connectivity index (χ3v) is 2.21. The van der Waals surface area contributed by atoms with E-state index >= 15 is 0 Å². The normalized spacial score (nSPS) is 13.8. The molecule has 0 N–H and O–H groups in total. The Kier molecular flexibility index (Phi) is 2.11. The molecule has 0 bridgehead atoms.